The quantitative estimate of drug-likeness (QED) is 0.275. The molecule has 0 fully saturated rings. The fourth-order valence-corrected chi connectivity index (χ4v) is 1.80. The Balaban J connectivity index is 3.19. The molecule has 0 bridgehead atoms. The lowest BCUT2D eigenvalue weighted by atomic mass is 10.2. The summed E-state index contributed by atoms with van der Waals surface area (Å²) >= 11 is 0. The summed E-state index contributed by atoms with van der Waals surface area (Å²) in [6.07, 6.45) is 1.46. The third-order valence-corrected chi connectivity index (χ3v) is 2.93. The van der Waals surface area contributed by atoms with Crippen molar-refractivity contribution in [2.45, 2.75) is 52.6 Å². The Hall–Kier alpha value is -1.22. The third kappa shape index (κ3) is 20.9. The van der Waals surface area contributed by atoms with Gasteiger partial charge in [0.1, 0.15) is 12.2 Å². The first kappa shape index (κ1) is 25.8. The van der Waals surface area contributed by atoms with Crippen molar-refractivity contribution in [2.75, 3.05) is 59.5 Å². The normalized spacial score (nSPS) is 11.4. The highest BCUT2D eigenvalue weighted by Crippen LogP contribution is 2.07. The van der Waals surface area contributed by atoms with E-state index < -0.39 is 5.60 Å². The van der Waals surface area contributed by atoms with E-state index in [0.717, 1.165) is 6.42 Å². The number of rotatable bonds is 17. The highest BCUT2D eigenvalue weighted by molar-refractivity contribution is 5.70. The number of esters is 2. The lowest BCUT2D eigenvalue weighted by Crippen LogP contribution is -2.24. The molecule has 0 saturated heterocycles. The summed E-state index contributed by atoms with van der Waals surface area (Å²) in [5.41, 5.74) is -0.466. The van der Waals surface area contributed by atoms with Gasteiger partial charge in [-0.05, 0) is 27.2 Å². The van der Waals surface area contributed by atoms with Crippen molar-refractivity contribution in [3.05, 3.63) is 0 Å². The maximum Gasteiger partial charge on any atom is 0.308 e. The molecule has 0 atom stereocenters. The summed E-state index contributed by atoms with van der Waals surface area (Å²) in [5, 5.41) is 0. The Bertz CT molecular complexity index is 378. The molecular weight excluding hydrogens is 356 g/mol. The molecule has 27 heavy (non-hydrogen) atoms. The first-order chi connectivity index (χ1) is 12.8. The topological polar surface area (TPSA) is 89.5 Å². The van der Waals surface area contributed by atoms with Crippen LogP contribution >= 0.6 is 0 Å². The van der Waals surface area contributed by atoms with Crippen LogP contribution < -0.4 is 0 Å². The van der Waals surface area contributed by atoms with E-state index in [1.54, 1.807) is 0 Å². The minimum Gasteiger partial charge on any atom is -0.463 e. The molecule has 0 amide bonds. The monoisotopic (exact) mass is 392 g/mol. The van der Waals surface area contributed by atoms with Crippen molar-refractivity contribution in [3.63, 3.8) is 0 Å². The maximum absolute atomic E-state index is 11.5. The van der Waals surface area contributed by atoms with Crippen molar-refractivity contribution >= 4 is 11.9 Å². The molecule has 0 aliphatic rings. The average Bonchev–Trinajstić information content (AvgIpc) is 2.57. The molecule has 0 aliphatic carbocycles. The van der Waals surface area contributed by atoms with Crippen LogP contribution in [-0.2, 0) is 38.0 Å². The number of hydrogen-bond donors (Lipinski definition) is 0. The number of carbonyl (C=O) groups excluding carboxylic acids is 2. The first-order valence-corrected chi connectivity index (χ1v) is 9.53. The van der Waals surface area contributed by atoms with Gasteiger partial charge in [-0.3, -0.25) is 9.59 Å². The highest BCUT2D eigenvalue weighted by Gasteiger charge is 2.15. The molecule has 0 aromatic rings. The zero-order chi connectivity index (χ0) is 20.4. The molecule has 0 radical (unpaired) electrons. The van der Waals surface area contributed by atoms with Gasteiger partial charge in [0, 0.05) is 6.42 Å². The van der Waals surface area contributed by atoms with E-state index in [9.17, 15) is 9.59 Å². The van der Waals surface area contributed by atoms with Gasteiger partial charge < -0.3 is 28.4 Å². The zero-order valence-corrected chi connectivity index (χ0v) is 17.3. The first-order valence-electron chi connectivity index (χ1n) is 9.53. The summed E-state index contributed by atoms with van der Waals surface area (Å²) < 4.78 is 31.4. The van der Waals surface area contributed by atoms with Crippen molar-refractivity contribution < 1.29 is 38.0 Å². The van der Waals surface area contributed by atoms with Gasteiger partial charge in [0.05, 0.1) is 59.3 Å². The van der Waals surface area contributed by atoms with Crippen molar-refractivity contribution in [2.24, 2.45) is 0 Å². The SMILES string of the molecule is CCCC(=O)OCCOCCOCCOCCOCCC(=O)OC(C)(C)C. The summed E-state index contributed by atoms with van der Waals surface area (Å²) in [5.74, 6) is -0.457. The van der Waals surface area contributed by atoms with Crippen LogP contribution in [0.2, 0.25) is 0 Å². The number of ether oxygens (including phenoxy) is 6. The van der Waals surface area contributed by atoms with Gasteiger partial charge >= 0.3 is 11.9 Å². The molecule has 0 aromatic carbocycles. The van der Waals surface area contributed by atoms with E-state index in [2.05, 4.69) is 0 Å². The Morgan fingerprint density at radius 2 is 1.07 bits per heavy atom. The molecule has 0 aromatic heterocycles. The molecule has 8 nitrogen and oxygen atoms in total. The second-order valence-corrected chi connectivity index (χ2v) is 6.76. The predicted octanol–water partition coefficient (Wildman–Crippen LogP) is 2.13. The Kier molecular flexibility index (Phi) is 16.2. The van der Waals surface area contributed by atoms with Crippen LogP contribution in [-0.4, -0.2) is 77.0 Å². The molecule has 8 heteroatoms. The second kappa shape index (κ2) is 16.9. The van der Waals surface area contributed by atoms with Gasteiger partial charge in [-0.15, -0.1) is 0 Å². The molecule has 0 aliphatic heterocycles. The Morgan fingerprint density at radius 1 is 0.630 bits per heavy atom. The van der Waals surface area contributed by atoms with Crippen molar-refractivity contribution in [1.82, 2.24) is 0 Å². The van der Waals surface area contributed by atoms with E-state index in [0.29, 0.717) is 59.3 Å². The molecule has 0 N–H and O–H groups in total. The largest absolute Gasteiger partial charge is 0.463 e. The van der Waals surface area contributed by atoms with E-state index in [1.807, 2.05) is 27.7 Å². The van der Waals surface area contributed by atoms with Gasteiger partial charge in [-0.2, -0.15) is 0 Å². The van der Waals surface area contributed by atoms with Gasteiger partial charge in [0.15, 0.2) is 0 Å². The van der Waals surface area contributed by atoms with Gasteiger partial charge in [-0.25, -0.2) is 0 Å². The molecule has 160 valence electrons. The fourth-order valence-electron chi connectivity index (χ4n) is 1.80. The molecule has 0 heterocycles. The predicted molar refractivity (Wildman–Crippen MR) is 99.6 cm³/mol. The van der Waals surface area contributed by atoms with Crippen molar-refractivity contribution in [1.29, 1.82) is 0 Å². The summed E-state index contributed by atoms with van der Waals surface area (Å²) in [6, 6.07) is 0. The maximum atomic E-state index is 11.5. The second-order valence-electron chi connectivity index (χ2n) is 6.76. The van der Waals surface area contributed by atoms with Crippen LogP contribution in [0.5, 0.6) is 0 Å². The van der Waals surface area contributed by atoms with Crippen LogP contribution in [0.25, 0.3) is 0 Å². The molecule has 0 rings (SSSR count). The van der Waals surface area contributed by atoms with Crippen LogP contribution in [0.15, 0.2) is 0 Å². The minimum atomic E-state index is -0.466. The molecule has 0 unspecified atom stereocenters. The number of hydrogen-bond acceptors (Lipinski definition) is 8. The Morgan fingerprint density at radius 3 is 1.52 bits per heavy atom. The van der Waals surface area contributed by atoms with Gasteiger partial charge in [-0.1, -0.05) is 6.92 Å². The van der Waals surface area contributed by atoms with E-state index in [-0.39, 0.29) is 25.0 Å². The van der Waals surface area contributed by atoms with Crippen LogP contribution in [0.3, 0.4) is 0 Å². The average molecular weight is 392 g/mol. The highest BCUT2D eigenvalue weighted by atomic mass is 16.6. The fraction of sp³-hybridized carbons (Fsp3) is 0.895. The Labute approximate surface area is 162 Å². The standard InChI is InChI=1S/C19H36O8/c1-5-6-17(20)26-16-15-25-14-13-24-12-11-23-10-9-22-8-7-18(21)27-19(2,3)4/h5-16H2,1-4H3. The van der Waals surface area contributed by atoms with Gasteiger partial charge in [0.25, 0.3) is 0 Å². The van der Waals surface area contributed by atoms with E-state index >= 15 is 0 Å². The third-order valence-electron chi connectivity index (χ3n) is 2.93. The van der Waals surface area contributed by atoms with Crippen LogP contribution in [0, 0.1) is 0 Å². The van der Waals surface area contributed by atoms with Crippen LogP contribution in [0.1, 0.15) is 47.0 Å². The summed E-state index contributed by atoms with van der Waals surface area (Å²) in [7, 11) is 0. The zero-order valence-electron chi connectivity index (χ0n) is 17.3. The van der Waals surface area contributed by atoms with Gasteiger partial charge in [0.2, 0.25) is 0 Å². The smallest absolute Gasteiger partial charge is 0.308 e. The molecular formula is C19H36O8. The van der Waals surface area contributed by atoms with E-state index in [1.165, 1.54) is 0 Å². The molecule has 0 spiro atoms. The van der Waals surface area contributed by atoms with E-state index in [4.69, 9.17) is 28.4 Å². The lowest BCUT2D eigenvalue weighted by molar-refractivity contribution is -0.156. The van der Waals surface area contributed by atoms with Crippen molar-refractivity contribution in [3.8, 4) is 0 Å². The minimum absolute atomic E-state index is 0.191. The molecule has 0 saturated carbocycles. The number of carbonyl (C=O) groups is 2. The van der Waals surface area contributed by atoms with Crippen LogP contribution in [0.4, 0.5) is 0 Å². The lowest BCUT2D eigenvalue weighted by Gasteiger charge is -2.19. The summed E-state index contributed by atoms with van der Waals surface area (Å²) in [6.45, 7) is 11.1. The summed E-state index contributed by atoms with van der Waals surface area (Å²) in [4.78, 5) is 22.5.